The zero-order chi connectivity index (χ0) is 17.3. The van der Waals surface area contributed by atoms with E-state index in [9.17, 15) is 14.7 Å². The molecule has 0 spiro atoms. The lowest BCUT2D eigenvalue weighted by molar-refractivity contribution is -0.143. The number of benzene rings is 1. The summed E-state index contributed by atoms with van der Waals surface area (Å²) in [5.74, 6) is -0.256. The van der Waals surface area contributed by atoms with Crippen LogP contribution in [0.2, 0.25) is 0 Å². The van der Waals surface area contributed by atoms with Crippen LogP contribution in [0.5, 0.6) is 0 Å². The number of rotatable bonds is 4. The predicted octanol–water partition coefficient (Wildman–Crippen LogP) is 2.18. The zero-order valence-electron chi connectivity index (χ0n) is 13.6. The first-order chi connectivity index (χ1) is 11.4. The van der Waals surface area contributed by atoms with Crippen molar-refractivity contribution in [1.29, 1.82) is 0 Å². The fourth-order valence-corrected chi connectivity index (χ4v) is 4.15. The van der Waals surface area contributed by atoms with E-state index >= 15 is 0 Å². The molecule has 0 aliphatic carbocycles. The molecule has 126 valence electrons. The Morgan fingerprint density at radius 3 is 2.79 bits per heavy atom. The lowest BCUT2D eigenvalue weighted by Crippen LogP contribution is -2.54. The Morgan fingerprint density at radius 1 is 1.38 bits per heavy atom. The molecule has 1 aliphatic heterocycles. The molecule has 1 atom stereocenters. The number of thioether (sulfide) groups is 1. The second kappa shape index (κ2) is 6.32. The van der Waals surface area contributed by atoms with Crippen LogP contribution in [0.4, 0.5) is 0 Å². The van der Waals surface area contributed by atoms with Crippen LogP contribution >= 0.6 is 11.8 Å². The smallest absolute Gasteiger partial charge is 0.330 e. The molecule has 24 heavy (non-hydrogen) atoms. The number of amides is 1. The number of nitrogens with zero attached hydrogens (tertiary/aromatic N) is 2. The Kier molecular flexibility index (Phi) is 4.36. The predicted molar refractivity (Wildman–Crippen MR) is 92.8 cm³/mol. The molecule has 1 aliphatic rings. The van der Waals surface area contributed by atoms with Crippen molar-refractivity contribution >= 4 is 23.6 Å². The normalized spacial score (nSPS) is 20.1. The first-order valence-corrected chi connectivity index (χ1v) is 8.84. The minimum atomic E-state index is -1.18. The van der Waals surface area contributed by atoms with Crippen molar-refractivity contribution in [3.8, 4) is 5.69 Å². The SMILES string of the molecule is Cc1cccc(-n2ncc(C(=O)NC3(C(=O)O)CCSC3)c2C)c1. The highest BCUT2D eigenvalue weighted by Crippen LogP contribution is 2.29. The van der Waals surface area contributed by atoms with Crippen molar-refractivity contribution < 1.29 is 14.7 Å². The number of nitrogens with one attached hydrogen (secondary N) is 1. The van der Waals surface area contributed by atoms with E-state index in [4.69, 9.17) is 0 Å². The monoisotopic (exact) mass is 345 g/mol. The van der Waals surface area contributed by atoms with Gasteiger partial charge in [-0.05, 0) is 43.7 Å². The number of carboxylic acids is 1. The van der Waals surface area contributed by atoms with Crippen molar-refractivity contribution in [2.75, 3.05) is 11.5 Å². The number of carbonyl (C=O) groups excluding carboxylic acids is 1. The van der Waals surface area contributed by atoms with Gasteiger partial charge in [0.1, 0.15) is 5.54 Å². The van der Waals surface area contributed by atoms with Crippen LogP contribution < -0.4 is 5.32 Å². The molecule has 0 saturated carbocycles. The first-order valence-electron chi connectivity index (χ1n) is 7.68. The number of aryl methyl sites for hydroxylation is 1. The summed E-state index contributed by atoms with van der Waals surface area (Å²) in [6.45, 7) is 3.80. The van der Waals surface area contributed by atoms with Gasteiger partial charge in [0.25, 0.3) is 5.91 Å². The summed E-state index contributed by atoms with van der Waals surface area (Å²) < 4.78 is 1.69. The van der Waals surface area contributed by atoms with E-state index in [2.05, 4.69) is 10.4 Å². The first kappa shape index (κ1) is 16.6. The minimum absolute atomic E-state index is 0.388. The van der Waals surface area contributed by atoms with E-state index in [1.165, 1.54) is 18.0 Å². The van der Waals surface area contributed by atoms with E-state index in [-0.39, 0.29) is 0 Å². The molecule has 1 aromatic heterocycles. The van der Waals surface area contributed by atoms with Crippen molar-refractivity contribution in [3.05, 3.63) is 47.3 Å². The Bertz CT molecular complexity index is 794. The van der Waals surface area contributed by atoms with Crippen LogP contribution in [0.25, 0.3) is 5.69 Å². The van der Waals surface area contributed by atoms with Gasteiger partial charge in [0.2, 0.25) is 0 Å². The summed E-state index contributed by atoms with van der Waals surface area (Å²) in [7, 11) is 0. The van der Waals surface area contributed by atoms with Crippen LogP contribution in [-0.2, 0) is 4.79 Å². The number of hydrogen-bond acceptors (Lipinski definition) is 4. The van der Waals surface area contributed by atoms with Gasteiger partial charge in [0, 0.05) is 5.75 Å². The molecule has 3 rings (SSSR count). The summed E-state index contributed by atoms with van der Waals surface area (Å²) in [4.78, 5) is 24.2. The highest BCUT2D eigenvalue weighted by molar-refractivity contribution is 7.99. The van der Waals surface area contributed by atoms with Crippen LogP contribution in [-0.4, -0.2) is 43.8 Å². The van der Waals surface area contributed by atoms with Gasteiger partial charge in [-0.3, -0.25) is 4.79 Å². The number of hydrogen-bond donors (Lipinski definition) is 2. The highest BCUT2D eigenvalue weighted by atomic mass is 32.2. The van der Waals surface area contributed by atoms with Crippen LogP contribution in [0.15, 0.2) is 30.5 Å². The molecule has 1 saturated heterocycles. The molecule has 2 N–H and O–H groups in total. The summed E-state index contributed by atoms with van der Waals surface area (Å²) in [6, 6.07) is 7.82. The van der Waals surface area contributed by atoms with Crippen LogP contribution in [0, 0.1) is 13.8 Å². The average Bonchev–Trinajstić information content (AvgIpc) is 3.15. The third kappa shape index (κ3) is 2.91. The molecule has 7 heteroatoms. The van der Waals surface area contributed by atoms with E-state index in [1.54, 1.807) is 11.6 Å². The molecule has 0 bridgehead atoms. The second-order valence-corrected chi connectivity index (χ2v) is 7.14. The molecule has 1 amide bonds. The van der Waals surface area contributed by atoms with Crippen molar-refractivity contribution in [2.24, 2.45) is 0 Å². The van der Waals surface area contributed by atoms with E-state index in [0.29, 0.717) is 23.4 Å². The molecule has 0 radical (unpaired) electrons. The van der Waals surface area contributed by atoms with Gasteiger partial charge in [-0.25, -0.2) is 9.48 Å². The van der Waals surface area contributed by atoms with Gasteiger partial charge < -0.3 is 10.4 Å². The van der Waals surface area contributed by atoms with Crippen LogP contribution in [0.1, 0.15) is 28.0 Å². The lowest BCUT2D eigenvalue weighted by Gasteiger charge is -2.24. The lowest BCUT2D eigenvalue weighted by atomic mass is 9.98. The molecule has 1 fully saturated rings. The zero-order valence-corrected chi connectivity index (χ0v) is 14.4. The Labute approximate surface area is 144 Å². The molecular formula is C17H19N3O3S. The summed E-state index contributed by atoms with van der Waals surface area (Å²) in [5, 5.41) is 16.5. The number of carboxylic acid groups (broad SMARTS) is 1. The number of carbonyl (C=O) groups is 2. The largest absolute Gasteiger partial charge is 0.479 e. The highest BCUT2D eigenvalue weighted by Gasteiger charge is 2.43. The maximum atomic E-state index is 12.6. The Hall–Kier alpha value is -2.28. The Morgan fingerprint density at radius 2 is 2.17 bits per heavy atom. The van der Waals surface area contributed by atoms with Gasteiger partial charge in [-0.1, -0.05) is 12.1 Å². The fourth-order valence-electron chi connectivity index (χ4n) is 2.82. The van der Waals surface area contributed by atoms with Crippen molar-refractivity contribution in [2.45, 2.75) is 25.8 Å². The van der Waals surface area contributed by atoms with Crippen molar-refractivity contribution in [3.63, 3.8) is 0 Å². The standard InChI is InChI=1S/C17H19N3O3S/c1-11-4-3-5-13(8-11)20-12(2)14(9-18-20)15(21)19-17(16(22)23)6-7-24-10-17/h3-5,8-9H,6-7,10H2,1-2H3,(H,19,21)(H,22,23). The molecule has 2 heterocycles. The fraction of sp³-hybridized carbons (Fsp3) is 0.353. The van der Waals surface area contributed by atoms with Gasteiger partial charge in [-0.15, -0.1) is 0 Å². The number of aliphatic carboxylic acids is 1. The third-order valence-electron chi connectivity index (χ3n) is 4.28. The summed E-state index contributed by atoms with van der Waals surface area (Å²) in [5.41, 5.74) is 1.87. The molecule has 1 unspecified atom stereocenters. The molecule has 2 aromatic rings. The van der Waals surface area contributed by atoms with Crippen molar-refractivity contribution in [1.82, 2.24) is 15.1 Å². The van der Waals surface area contributed by atoms with Gasteiger partial charge in [0.15, 0.2) is 0 Å². The van der Waals surface area contributed by atoms with Gasteiger partial charge in [-0.2, -0.15) is 16.9 Å². The van der Waals surface area contributed by atoms with E-state index in [1.807, 2.05) is 31.2 Å². The van der Waals surface area contributed by atoms with E-state index < -0.39 is 17.4 Å². The van der Waals surface area contributed by atoms with E-state index in [0.717, 1.165) is 17.0 Å². The molecule has 6 nitrogen and oxygen atoms in total. The maximum absolute atomic E-state index is 12.6. The molecule has 1 aromatic carbocycles. The number of aromatic nitrogens is 2. The Balaban J connectivity index is 1.88. The molecular weight excluding hydrogens is 326 g/mol. The third-order valence-corrected chi connectivity index (χ3v) is 5.47. The average molecular weight is 345 g/mol. The maximum Gasteiger partial charge on any atom is 0.330 e. The quantitative estimate of drug-likeness (QED) is 0.887. The minimum Gasteiger partial charge on any atom is -0.479 e. The summed E-state index contributed by atoms with van der Waals surface area (Å²) in [6.07, 6.45) is 1.93. The second-order valence-electron chi connectivity index (χ2n) is 6.04. The van der Waals surface area contributed by atoms with Gasteiger partial charge in [0.05, 0.1) is 23.1 Å². The van der Waals surface area contributed by atoms with Crippen LogP contribution in [0.3, 0.4) is 0 Å². The topological polar surface area (TPSA) is 84.2 Å². The van der Waals surface area contributed by atoms with Gasteiger partial charge >= 0.3 is 5.97 Å². The summed E-state index contributed by atoms with van der Waals surface area (Å²) >= 11 is 1.54.